The van der Waals surface area contributed by atoms with Crippen LogP contribution in [0.3, 0.4) is 0 Å². The topological polar surface area (TPSA) is 64.6 Å². The number of carbonyl (C=O) groups excluding carboxylic acids is 2. The predicted molar refractivity (Wildman–Crippen MR) is 79.2 cm³/mol. The Morgan fingerprint density at radius 1 is 1.29 bits per heavy atom. The molecule has 1 N–H and O–H groups in total. The van der Waals surface area contributed by atoms with Gasteiger partial charge in [-0.05, 0) is 49.9 Å². The molecule has 0 aliphatic carbocycles. The molecule has 21 heavy (non-hydrogen) atoms. The molecule has 5 nitrogen and oxygen atoms in total. The second-order valence-electron chi connectivity index (χ2n) is 5.14. The molecule has 0 radical (unpaired) electrons. The summed E-state index contributed by atoms with van der Waals surface area (Å²) in [6, 6.07) is 6.65. The van der Waals surface area contributed by atoms with E-state index >= 15 is 0 Å². The van der Waals surface area contributed by atoms with E-state index in [0.717, 1.165) is 25.9 Å². The van der Waals surface area contributed by atoms with Gasteiger partial charge >= 0.3 is 5.97 Å². The molecule has 1 unspecified atom stereocenters. The SMILES string of the molecule is COC(=O)c1ccc(NC(=O)CCC2CCCCO2)cc1. The largest absolute Gasteiger partial charge is 0.465 e. The first kappa shape index (κ1) is 15.5. The monoisotopic (exact) mass is 291 g/mol. The fourth-order valence-corrected chi connectivity index (χ4v) is 2.36. The Kier molecular flexibility index (Phi) is 5.75. The van der Waals surface area contributed by atoms with Gasteiger partial charge in [-0.15, -0.1) is 0 Å². The number of nitrogens with one attached hydrogen (secondary N) is 1. The molecule has 1 atom stereocenters. The van der Waals surface area contributed by atoms with Gasteiger partial charge in [0.05, 0.1) is 18.8 Å². The van der Waals surface area contributed by atoms with Gasteiger partial charge < -0.3 is 14.8 Å². The molecule has 1 amide bonds. The highest BCUT2D eigenvalue weighted by atomic mass is 16.5. The zero-order valence-corrected chi connectivity index (χ0v) is 12.3. The minimum atomic E-state index is -0.387. The van der Waals surface area contributed by atoms with E-state index in [4.69, 9.17) is 4.74 Å². The molecule has 1 aliphatic rings. The van der Waals surface area contributed by atoms with E-state index in [2.05, 4.69) is 10.1 Å². The van der Waals surface area contributed by atoms with Crippen molar-refractivity contribution in [2.75, 3.05) is 19.0 Å². The molecule has 1 aliphatic heterocycles. The third kappa shape index (κ3) is 4.86. The summed E-state index contributed by atoms with van der Waals surface area (Å²) < 4.78 is 10.2. The lowest BCUT2D eigenvalue weighted by atomic mass is 10.0. The molecule has 0 saturated carbocycles. The van der Waals surface area contributed by atoms with Crippen molar-refractivity contribution in [2.24, 2.45) is 0 Å². The van der Waals surface area contributed by atoms with E-state index in [1.807, 2.05) is 0 Å². The zero-order chi connectivity index (χ0) is 15.1. The van der Waals surface area contributed by atoms with Gasteiger partial charge in [0.2, 0.25) is 5.91 Å². The summed E-state index contributed by atoms with van der Waals surface area (Å²) in [7, 11) is 1.34. The Hall–Kier alpha value is -1.88. The molecule has 114 valence electrons. The molecule has 1 fully saturated rings. The van der Waals surface area contributed by atoms with Crippen molar-refractivity contribution in [2.45, 2.75) is 38.2 Å². The molecule has 1 heterocycles. The number of amides is 1. The van der Waals surface area contributed by atoms with Crippen molar-refractivity contribution in [3.63, 3.8) is 0 Å². The van der Waals surface area contributed by atoms with Crippen molar-refractivity contribution < 1.29 is 19.1 Å². The summed E-state index contributed by atoms with van der Waals surface area (Å²) in [6.45, 7) is 0.807. The highest BCUT2D eigenvalue weighted by Gasteiger charge is 2.15. The molecular formula is C16H21NO4. The quantitative estimate of drug-likeness (QED) is 0.847. The summed E-state index contributed by atoms with van der Waals surface area (Å²) in [4.78, 5) is 23.2. The van der Waals surface area contributed by atoms with E-state index in [-0.39, 0.29) is 18.0 Å². The van der Waals surface area contributed by atoms with Gasteiger partial charge in [-0.1, -0.05) is 0 Å². The van der Waals surface area contributed by atoms with Gasteiger partial charge in [0.1, 0.15) is 0 Å². The molecule has 5 heteroatoms. The van der Waals surface area contributed by atoms with Crippen LogP contribution in [0.4, 0.5) is 5.69 Å². The Bertz CT molecular complexity index is 478. The average molecular weight is 291 g/mol. The normalized spacial score (nSPS) is 18.0. The first-order chi connectivity index (χ1) is 10.2. The lowest BCUT2D eigenvalue weighted by molar-refractivity contribution is -0.117. The summed E-state index contributed by atoms with van der Waals surface area (Å²) in [5.41, 5.74) is 1.14. The van der Waals surface area contributed by atoms with Crippen LogP contribution in [-0.4, -0.2) is 31.7 Å². The summed E-state index contributed by atoms with van der Waals surface area (Å²) in [5.74, 6) is -0.419. The maximum absolute atomic E-state index is 11.9. The number of methoxy groups -OCH3 is 1. The molecule has 0 spiro atoms. The number of esters is 1. The van der Waals surface area contributed by atoms with Gasteiger partial charge in [0.25, 0.3) is 0 Å². The number of anilines is 1. The fourth-order valence-electron chi connectivity index (χ4n) is 2.36. The summed E-state index contributed by atoms with van der Waals surface area (Å²) in [6.07, 6.45) is 4.76. The van der Waals surface area contributed by atoms with E-state index < -0.39 is 0 Å². The number of benzene rings is 1. The molecule has 0 aromatic heterocycles. The van der Waals surface area contributed by atoms with Gasteiger partial charge in [-0.2, -0.15) is 0 Å². The van der Waals surface area contributed by atoms with E-state index in [1.165, 1.54) is 13.5 Å². The van der Waals surface area contributed by atoms with Crippen LogP contribution in [0.5, 0.6) is 0 Å². The fraction of sp³-hybridized carbons (Fsp3) is 0.500. The number of hydrogen-bond acceptors (Lipinski definition) is 4. The van der Waals surface area contributed by atoms with Crippen LogP contribution in [0, 0.1) is 0 Å². The summed E-state index contributed by atoms with van der Waals surface area (Å²) >= 11 is 0. The highest BCUT2D eigenvalue weighted by Crippen LogP contribution is 2.17. The Balaban J connectivity index is 1.77. The van der Waals surface area contributed by atoms with E-state index in [9.17, 15) is 9.59 Å². The third-order valence-corrected chi connectivity index (χ3v) is 3.56. The molecule has 1 aromatic rings. The number of ether oxygens (including phenoxy) is 2. The highest BCUT2D eigenvalue weighted by molar-refractivity contribution is 5.93. The Morgan fingerprint density at radius 2 is 2.05 bits per heavy atom. The standard InChI is InChI=1S/C16H21NO4/c1-20-16(19)12-5-7-13(8-6-12)17-15(18)10-9-14-4-2-3-11-21-14/h5-8,14H,2-4,9-11H2,1H3,(H,17,18). The number of rotatable bonds is 5. The smallest absolute Gasteiger partial charge is 0.337 e. The Morgan fingerprint density at radius 3 is 2.67 bits per heavy atom. The van der Waals surface area contributed by atoms with Crippen molar-refractivity contribution >= 4 is 17.6 Å². The first-order valence-corrected chi connectivity index (χ1v) is 7.29. The van der Waals surface area contributed by atoms with Crippen molar-refractivity contribution in [3.05, 3.63) is 29.8 Å². The Labute approximate surface area is 124 Å². The maximum atomic E-state index is 11.9. The van der Waals surface area contributed by atoms with Gasteiger partial charge in [-0.3, -0.25) is 4.79 Å². The lowest BCUT2D eigenvalue weighted by Gasteiger charge is -2.22. The van der Waals surface area contributed by atoms with Crippen molar-refractivity contribution in [3.8, 4) is 0 Å². The van der Waals surface area contributed by atoms with Crippen LogP contribution in [0.25, 0.3) is 0 Å². The number of hydrogen-bond donors (Lipinski definition) is 1. The molecule has 2 rings (SSSR count). The first-order valence-electron chi connectivity index (χ1n) is 7.29. The van der Waals surface area contributed by atoms with E-state index in [0.29, 0.717) is 17.7 Å². The van der Waals surface area contributed by atoms with Gasteiger partial charge in [-0.25, -0.2) is 4.79 Å². The maximum Gasteiger partial charge on any atom is 0.337 e. The molecule has 1 saturated heterocycles. The van der Waals surface area contributed by atoms with Crippen molar-refractivity contribution in [1.29, 1.82) is 0 Å². The third-order valence-electron chi connectivity index (χ3n) is 3.56. The van der Waals surface area contributed by atoms with Crippen LogP contribution >= 0.6 is 0 Å². The van der Waals surface area contributed by atoms with Crippen LogP contribution in [-0.2, 0) is 14.3 Å². The zero-order valence-electron chi connectivity index (χ0n) is 12.3. The molecule has 0 bridgehead atoms. The number of carbonyl (C=O) groups is 2. The van der Waals surface area contributed by atoms with Crippen LogP contribution in [0.2, 0.25) is 0 Å². The van der Waals surface area contributed by atoms with Gasteiger partial charge in [0.15, 0.2) is 0 Å². The van der Waals surface area contributed by atoms with Gasteiger partial charge in [0, 0.05) is 18.7 Å². The second kappa shape index (κ2) is 7.78. The minimum absolute atomic E-state index is 0.0324. The van der Waals surface area contributed by atoms with Crippen LogP contribution < -0.4 is 5.32 Å². The molecular weight excluding hydrogens is 270 g/mol. The second-order valence-corrected chi connectivity index (χ2v) is 5.14. The van der Waals surface area contributed by atoms with E-state index in [1.54, 1.807) is 24.3 Å². The van der Waals surface area contributed by atoms with Crippen LogP contribution in [0.1, 0.15) is 42.5 Å². The summed E-state index contributed by atoms with van der Waals surface area (Å²) in [5, 5.41) is 2.82. The predicted octanol–water partition coefficient (Wildman–Crippen LogP) is 2.76. The van der Waals surface area contributed by atoms with Crippen molar-refractivity contribution in [1.82, 2.24) is 0 Å². The van der Waals surface area contributed by atoms with Crippen LogP contribution in [0.15, 0.2) is 24.3 Å². The lowest BCUT2D eigenvalue weighted by Crippen LogP contribution is -2.21. The minimum Gasteiger partial charge on any atom is -0.465 e. The average Bonchev–Trinajstić information content (AvgIpc) is 2.54. The molecule has 1 aromatic carbocycles.